The first-order valence-electron chi connectivity index (χ1n) is 4.66. The van der Waals surface area contributed by atoms with Gasteiger partial charge in [-0.05, 0) is 30.4 Å². The quantitative estimate of drug-likeness (QED) is 0.596. The number of benzene rings is 1. The van der Waals surface area contributed by atoms with Crippen LogP contribution in [0.2, 0.25) is 0 Å². The maximum atomic E-state index is 3.71. The zero-order valence-corrected chi connectivity index (χ0v) is 8.00. The fourth-order valence-corrected chi connectivity index (χ4v) is 1.28. The summed E-state index contributed by atoms with van der Waals surface area (Å²) in [6, 6.07) is 8.70. The molecule has 0 heterocycles. The van der Waals surface area contributed by atoms with E-state index < -0.39 is 0 Å². The highest BCUT2D eigenvalue weighted by Crippen LogP contribution is 2.07. The summed E-state index contributed by atoms with van der Waals surface area (Å²) in [5.41, 5.74) is 2.71. The van der Waals surface area contributed by atoms with Gasteiger partial charge in [0.15, 0.2) is 0 Å². The molecule has 0 atom stereocenters. The van der Waals surface area contributed by atoms with Crippen molar-refractivity contribution in [1.82, 2.24) is 0 Å². The molecule has 0 aliphatic heterocycles. The normalized spacial score (nSPS) is 9.54. The molecule has 0 bridgehead atoms. The zero-order valence-electron chi connectivity index (χ0n) is 8.00. The van der Waals surface area contributed by atoms with Crippen LogP contribution >= 0.6 is 0 Å². The van der Waals surface area contributed by atoms with Crippen LogP contribution in [-0.4, -0.2) is 0 Å². The molecule has 0 spiro atoms. The molecule has 0 nitrogen and oxygen atoms in total. The number of rotatable bonds is 5. The Morgan fingerprint density at radius 1 is 0.923 bits per heavy atom. The van der Waals surface area contributed by atoms with Crippen LogP contribution in [0.4, 0.5) is 0 Å². The van der Waals surface area contributed by atoms with E-state index in [1.807, 2.05) is 12.2 Å². The van der Waals surface area contributed by atoms with Crippen LogP contribution < -0.4 is 0 Å². The van der Waals surface area contributed by atoms with Gasteiger partial charge in [0.1, 0.15) is 0 Å². The highest BCUT2D eigenvalue weighted by atomic mass is 14.0. The predicted octanol–water partition coefficient (Wildman–Crippen LogP) is 3.53. The molecule has 0 saturated carbocycles. The van der Waals surface area contributed by atoms with Crippen LogP contribution in [-0.2, 0) is 12.8 Å². The Kier molecular flexibility index (Phi) is 4.04. The van der Waals surface area contributed by atoms with Crippen LogP contribution in [0.25, 0.3) is 0 Å². The SMILES string of the molecule is C=CCCc1ccc(CC=C)cc1. The standard InChI is InChI=1S/C13H16/c1-3-5-7-13-10-8-12(6-4-2)9-11-13/h3-4,8-11H,1-2,5-7H2. The minimum Gasteiger partial charge on any atom is -0.103 e. The summed E-state index contributed by atoms with van der Waals surface area (Å²) in [7, 11) is 0. The lowest BCUT2D eigenvalue weighted by molar-refractivity contribution is 1.00. The summed E-state index contributed by atoms with van der Waals surface area (Å²) >= 11 is 0. The van der Waals surface area contributed by atoms with Gasteiger partial charge in [0, 0.05) is 0 Å². The molecule has 0 heteroatoms. The van der Waals surface area contributed by atoms with Gasteiger partial charge in [-0.15, -0.1) is 13.2 Å². The average Bonchev–Trinajstić information content (AvgIpc) is 2.17. The fourth-order valence-electron chi connectivity index (χ4n) is 1.28. The Balaban J connectivity index is 2.58. The van der Waals surface area contributed by atoms with Gasteiger partial charge in [-0.2, -0.15) is 0 Å². The zero-order chi connectivity index (χ0) is 9.52. The van der Waals surface area contributed by atoms with Crippen molar-refractivity contribution >= 4 is 0 Å². The molecular formula is C13H16. The molecule has 68 valence electrons. The van der Waals surface area contributed by atoms with Gasteiger partial charge in [-0.3, -0.25) is 0 Å². The van der Waals surface area contributed by atoms with Crippen molar-refractivity contribution in [1.29, 1.82) is 0 Å². The van der Waals surface area contributed by atoms with Gasteiger partial charge in [0.05, 0.1) is 0 Å². The maximum Gasteiger partial charge on any atom is -0.0100 e. The molecule has 0 saturated heterocycles. The van der Waals surface area contributed by atoms with Gasteiger partial charge in [0.25, 0.3) is 0 Å². The fraction of sp³-hybridized carbons (Fsp3) is 0.231. The lowest BCUT2D eigenvalue weighted by atomic mass is 10.1. The van der Waals surface area contributed by atoms with E-state index in [-0.39, 0.29) is 0 Å². The van der Waals surface area contributed by atoms with E-state index in [2.05, 4.69) is 37.4 Å². The largest absolute Gasteiger partial charge is 0.103 e. The van der Waals surface area contributed by atoms with Gasteiger partial charge in [0.2, 0.25) is 0 Å². The number of hydrogen-bond acceptors (Lipinski definition) is 0. The Hall–Kier alpha value is -1.30. The summed E-state index contributed by atoms with van der Waals surface area (Å²) in [6.07, 6.45) is 7.00. The molecule has 0 amide bonds. The molecule has 13 heavy (non-hydrogen) atoms. The van der Waals surface area contributed by atoms with Crippen molar-refractivity contribution in [3.8, 4) is 0 Å². The summed E-state index contributed by atoms with van der Waals surface area (Å²) in [6.45, 7) is 7.42. The second kappa shape index (κ2) is 5.36. The topological polar surface area (TPSA) is 0 Å². The average molecular weight is 172 g/mol. The lowest BCUT2D eigenvalue weighted by Gasteiger charge is -2.00. The van der Waals surface area contributed by atoms with Crippen molar-refractivity contribution in [3.63, 3.8) is 0 Å². The van der Waals surface area contributed by atoms with E-state index in [9.17, 15) is 0 Å². The Labute approximate surface area is 80.6 Å². The molecule has 0 radical (unpaired) electrons. The Bertz CT molecular complexity index is 267. The van der Waals surface area contributed by atoms with Crippen LogP contribution in [0.15, 0.2) is 49.6 Å². The van der Waals surface area contributed by atoms with Crippen LogP contribution in [0.3, 0.4) is 0 Å². The smallest absolute Gasteiger partial charge is 0.0100 e. The molecule has 0 unspecified atom stereocenters. The molecule has 0 aliphatic carbocycles. The number of allylic oxidation sites excluding steroid dienone is 2. The summed E-state index contributed by atoms with van der Waals surface area (Å²) in [5.74, 6) is 0. The molecule has 0 N–H and O–H groups in total. The van der Waals surface area contributed by atoms with E-state index in [0.717, 1.165) is 19.3 Å². The highest BCUT2D eigenvalue weighted by Gasteiger charge is 1.91. The van der Waals surface area contributed by atoms with Crippen LogP contribution in [0, 0.1) is 0 Å². The molecule has 1 aromatic carbocycles. The Morgan fingerprint density at radius 2 is 1.54 bits per heavy atom. The van der Waals surface area contributed by atoms with Crippen LogP contribution in [0.5, 0.6) is 0 Å². The first kappa shape index (κ1) is 9.79. The van der Waals surface area contributed by atoms with E-state index >= 15 is 0 Å². The van der Waals surface area contributed by atoms with Crippen molar-refractivity contribution in [2.45, 2.75) is 19.3 Å². The van der Waals surface area contributed by atoms with Crippen molar-refractivity contribution in [2.75, 3.05) is 0 Å². The minimum atomic E-state index is 0.960. The number of aryl methyl sites for hydroxylation is 1. The molecule has 0 aliphatic rings. The lowest BCUT2D eigenvalue weighted by Crippen LogP contribution is -1.85. The van der Waals surface area contributed by atoms with Gasteiger partial charge >= 0.3 is 0 Å². The second-order valence-corrected chi connectivity index (χ2v) is 3.14. The third-order valence-electron chi connectivity index (χ3n) is 2.04. The Morgan fingerprint density at radius 3 is 2.08 bits per heavy atom. The third-order valence-corrected chi connectivity index (χ3v) is 2.04. The van der Waals surface area contributed by atoms with Gasteiger partial charge in [-0.1, -0.05) is 36.4 Å². The van der Waals surface area contributed by atoms with Crippen molar-refractivity contribution in [3.05, 3.63) is 60.7 Å². The molecular weight excluding hydrogens is 156 g/mol. The predicted molar refractivity (Wildman–Crippen MR) is 58.9 cm³/mol. The van der Waals surface area contributed by atoms with Gasteiger partial charge in [-0.25, -0.2) is 0 Å². The van der Waals surface area contributed by atoms with E-state index in [0.29, 0.717) is 0 Å². The number of hydrogen-bond donors (Lipinski definition) is 0. The summed E-state index contributed by atoms with van der Waals surface area (Å²) in [4.78, 5) is 0. The summed E-state index contributed by atoms with van der Waals surface area (Å²) < 4.78 is 0. The molecule has 1 rings (SSSR count). The minimum absolute atomic E-state index is 0.960. The second-order valence-electron chi connectivity index (χ2n) is 3.14. The molecule has 0 aromatic heterocycles. The first-order chi connectivity index (χ1) is 6.36. The first-order valence-corrected chi connectivity index (χ1v) is 4.66. The van der Waals surface area contributed by atoms with Crippen molar-refractivity contribution < 1.29 is 0 Å². The monoisotopic (exact) mass is 172 g/mol. The van der Waals surface area contributed by atoms with E-state index in [4.69, 9.17) is 0 Å². The van der Waals surface area contributed by atoms with E-state index in [1.165, 1.54) is 11.1 Å². The third kappa shape index (κ3) is 3.29. The molecule has 1 aromatic rings. The van der Waals surface area contributed by atoms with Crippen molar-refractivity contribution in [2.24, 2.45) is 0 Å². The van der Waals surface area contributed by atoms with Crippen LogP contribution in [0.1, 0.15) is 17.5 Å². The van der Waals surface area contributed by atoms with E-state index in [1.54, 1.807) is 0 Å². The summed E-state index contributed by atoms with van der Waals surface area (Å²) in [5, 5.41) is 0. The van der Waals surface area contributed by atoms with Gasteiger partial charge < -0.3 is 0 Å². The molecule has 0 fully saturated rings. The highest BCUT2D eigenvalue weighted by molar-refractivity contribution is 5.24. The maximum absolute atomic E-state index is 3.71.